The molecule has 6 rings (SSSR count). The van der Waals surface area contributed by atoms with Crippen molar-refractivity contribution in [3.05, 3.63) is 102 Å². The largest absolute Gasteiger partial charge is 0.496 e. The Kier molecular flexibility index (Phi) is 7.44. The van der Waals surface area contributed by atoms with Crippen molar-refractivity contribution in [3.8, 4) is 39.9 Å². The maximum absolute atomic E-state index is 14.1. The zero-order valence-corrected chi connectivity index (χ0v) is 23.2. The predicted octanol–water partition coefficient (Wildman–Crippen LogP) is 5.95. The summed E-state index contributed by atoms with van der Waals surface area (Å²) >= 11 is 0. The molecule has 8 heteroatoms. The van der Waals surface area contributed by atoms with Crippen LogP contribution in [0.4, 0.5) is 0 Å². The Labute approximate surface area is 243 Å². The van der Waals surface area contributed by atoms with Gasteiger partial charge in [-0.2, -0.15) is 0 Å². The fourth-order valence-electron chi connectivity index (χ4n) is 6.22. The lowest BCUT2D eigenvalue weighted by Crippen LogP contribution is -2.52. The van der Waals surface area contributed by atoms with E-state index in [4.69, 9.17) is 23.7 Å². The van der Waals surface area contributed by atoms with Crippen LogP contribution < -0.4 is 23.7 Å². The average Bonchev–Trinajstić information content (AvgIpc) is 3.00. The van der Waals surface area contributed by atoms with Crippen molar-refractivity contribution >= 4 is 11.9 Å². The number of carboxylic acids is 1. The number of carboxylic acid groups (broad SMARTS) is 1. The summed E-state index contributed by atoms with van der Waals surface area (Å²) in [6, 6.07) is 27.2. The molecule has 0 bridgehead atoms. The Morgan fingerprint density at radius 1 is 0.738 bits per heavy atom. The maximum Gasteiger partial charge on any atom is 0.315 e. The van der Waals surface area contributed by atoms with E-state index in [0.29, 0.717) is 53.1 Å². The zero-order valence-electron chi connectivity index (χ0n) is 23.2. The lowest BCUT2D eigenvalue weighted by atomic mass is 9.52. The van der Waals surface area contributed by atoms with Crippen molar-refractivity contribution < 1.29 is 38.4 Å². The van der Waals surface area contributed by atoms with Crippen LogP contribution in [0.1, 0.15) is 23.0 Å². The summed E-state index contributed by atoms with van der Waals surface area (Å²) in [5.41, 5.74) is 2.89. The lowest BCUT2D eigenvalue weighted by Gasteiger charge is -2.49. The third-order valence-electron chi connectivity index (χ3n) is 8.03. The first-order chi connectivity index (χ1) is 20.5. The van der Waals surface area contributed by atoms with Crippen LogP contribution in [0, 0.1) is 11.8 Å². The fourth-order valence-corrected chi connectivity index (χ4v) is 6.22. The third-order valence-corrected chi connectivity index (χ3v) is 8.03. The molecule has 2 aliphatic rings. The topological polar surface area (TPSA) is 101 Å². The van der Waals surface area contributed by atoms with E-state index in [0.717, 1.165) is 11.1 Å². The molecule has 214 valence electrons. The Balaban J connectivity index is 1.38. The van der Waals surface area contributed by atoms with Gasteiger partial charge in [0.15, 0.2) is 11.5 Å². The highest BCUT2D eigenvalue weighted by Crippen LogP contribution is 2.60. The maximum atomic E-state index is 14.1. The summed E-state index contributed by atoms with van der Waals surface area (Å²) in [6.07, 6.45) is 0. The smallest absolute Gasteiger partial charge is 0.315 e. The first-order valence-corrected chi connectivity index (χ1v) is 13.7. The Bertz CT molecular complexity index is 1570. The van der Waals surface area contributed by atoms with Crippen LogP contribution in [0.5, 0.6) is 28.7 Å². The third kappa shape index (κ3) is 4.79. The van der Waals surface area contributed by atoms with Crippen molar-refractivity contribution in [2.24, 2.45) is 11.8 Å². The van der Waals surface area contributed by atoms with Gasteiger partial charge in [-0.05, 0) is 47.0 Å². The van der Waals surface area contributed by atoms with E-state index in [2.05, 4.69) is 0 Å². The molecule has 0 spiro atoms. The molecule has 42 heavy (non-hydrogen) atoms. The van der Waals surface area contributed by atoms with Crippen LogP contribution in [0.15, 0.2) is 91.0 Å². The van der Waals surface area contributed by atoms with Gasteiger partial charge in [-0.3, -0.25) is 9.59 Å². The molecule has 8 nitrogen and oxygen atoms in total. The first-order valence-electron chi connectivity index (χ1n) is 13.7. The normalized spacial score (nSPS) is 20.6. The molecule has 4 aromatic rings. The predicted molar refractivity (Wildman–Crippen MR) is 155 cm³/mol. The van der Waals surface area contributed by atoms with E-state index in [9.17, 15) is 14.7 Å². The van der Waals surface area contributed by atoms with Crippen molar-refractivity contribution in [2.45, 2.75) is 11.8 Å². The summed E-state index contributed by atoms with van der Waals surface area (Å²) in [4.78, 5) is 26.8. The van der Waals surface area contributed by atoms with E-state index in [1.54, 1.807) is 42.5 Å². The van der Waals surface area contributed by atoms with Crippen molar-refractivity contribution in [1.29, 1.82) is 0 Å². The average molecular weight is 567 g/mol. The lowest BCUT2D eigenvalue weighted by molar-refractivity contribution is -0.158. The van der Waals surface area contributed by atoms with Crippen LogP contribution in [0.2, 0.25) is 0 Å². The number of hydrogen-bond donors (Lipinski definition) is 1. The molecule has 0 aromatic heterocycles. The number of fused-ring (bicyclic) bond motifs is 1. The molecule has 0 amide bonds. The van der Waals surface area contributed by atoms with Gasteiger partial charge in [-0.15, -0.1) is 0 Å². The van der Waals surface area contributed by atoms with Crippen LogP contribution >= 0.6 is 0 Å². The Morgan fingerprint density at radius 2 is 1.36 bits per heavy atom. The number of methoxy groups -OCH3 is 2. The fraction of sp³-hybridized carbons (Fsp3) is 0.235. The molecule has 4 aromatic carbocycles. The second-order valence-corrected chi connectivity index (χ2v) is 10.2. The highest BCUT2D eigenvalue weighted by Gasteiger charge is 2.60. The second kappa shape index (κ2) is 11.5. The molecule has 1 heterocycles. The van der Waals surface area contributed by atoms with E-state index >= 15 is 0 Å². The number of esters is 1. The number of ether oxygens (including phenoxy) is 5. The van der Waals surface area contributed by atoms with Gasteiger partial charge in [-0.1, -0.05) is 60.7 Å². The number of carbonyl (C=O) groups is 2. The minimum Gasteiger partial charge on any atom is -0.496 e. The summed E-state index contributed by atoms with van der Waals surface area (Å²) in [6.45, 7) is 0.924. The molecular formula is C34H30O8. The van der Waals surface area contributed by atoms with Crippen molar-refractivity contribution in [3.63, 3.8) is 0 Å². The van der Waals surface area contributed by atoms with Crippen LogP contribution in [-0.4, -0.2) is 44.5 Å². The monoisotopic (exact) mass is 566 g/mol. The Hall–Kier alpha value is -4.98. The van der Waals surface area contributed by atoms with Gasteiger partial charge in [0.05, 0.1) is 26.1 Å². The summed E-state index contributed by atoms with van der Waals surface area (Å²) < 4.78 is 28.8. The van der Waals surface area contributed by atoms with Gasteiger partial charge in [0.1, 0.15) is 30.5 Å². The second-order valence-electron chi connectivity index (χ2n) is 10.2. The molecule has 1 fully saturated rings. The number of para-hydroxylation sites is 3. The molecule has 1 N–H and O–H groups in total. The molecule has 0 radical (unpaired) electrons. The minimum absolute atomic E-state index is 0.336. The summed E-state index contributed by atoms with van der Waals surface area (Å²) in [5.74, 6) is -1.97. The first kappa shape index (κ1) is 27.2. The molecule has 1 saturated carbocycles. The van der Waals surface area contributed by atoms with Crippen LogP contribution in [-0.2, 0) is 9.59 Å². The van der Waals surface area contributed by atoms with E-state index in [1.165, 1.54) is 14.2 Å². The molecule has 0 unspecified atom stereocenters. The minimum atomic E-state index is -1.01. The Morgan fingerprint density at radius 3 is 2.00 bits per heavy atom. The van der Waals surface area contributed by atoms with Gasteiger partial charge < -0.3 is 28.8 Å². The molecule has 1 aliphatic carbocycles. The quantitative estimate of drug-likeness (QED) is 0.206. The molecule has 0 saturated heterocycles. The van der Waals surface area contributed by atoms with E-state index < -0.39 is 35.6 Å². The summed E-state index contributed by atoms with van der Waals surface area (Å²) in [7, 11) is 3.06. The van der Waals surface area contributed by atoms with Gasteiger partial charge in [0.25, 0.3) is 0 Å². The number of benzene rings is 4. The van der Waals surface area contributed by atoms with Crippen LogP contribution in [0.25, 0.3) is 11.1 Å². The number of carbonyl (C=O) groups excluding carboxylic acids is 1. The van der Waals surface area contributed by atoms with Crippen molar-refractivity contribution in [1.82, 2.24) is 0 Å². The van der Waals surface area contributed by atoms with Crippen molar-refractivity contribution in [2.75, 3.05) is 27.4 Å². The van der Waals surface area contributed by atoms with E-state index in [1.807, 2.05) is 48.5 Å². The molecule has 1 aliphatic heterocycles. The molecule has 2 atom stereocenters. The standard InChI is InChI=1S/C34H30O8/c1-38-25-14-5-3-11-23(25)28-30(33(35)36)29(24-12-4-6-15-26(24)39-2)31(28)34(37)42-21-10-7-9-20(19-21)22-13-8-16-27-32(22)41-18-17-40-27/h3-16,19,28-31H,17-18H2,1-2H3,(H,35,36)/t28-,29-,30-,31-/m1/s1. The zero-order chi connectivity index (χ0) is 29.2. The van der Waals surface area contributed by atoms with E-state index in [-0.39, 0.29) is 0 Å². The summed E-state index contributed by atoms with van der Waals surface area (Å²) in [5, 5.41) is 10.4. The van der Waals surface area contributed by atoms with Gasteiger partial charge in [-0.25, -0.2) is 0 Å². The van der Waals surface area contributed by atoms with Gasteiger partial charge in [0, 0.05) is 17.4 Å². The highest BCUT2D eigenvalue weighted by molar-refractivity contribution is 5.86. The highest BCUT2D eigenvalue weighted by atomic mass is 16.6. The van der Waals surface area contributed by atoms with Gasteiger partial charge >= 0.3 is 11.9 Å². The van der Waals surface area contributed by atoms with Gasteiger partial charge in [0.2, 0.25) is 0 Å². The van der Waals surface area contributed by atoms with Crippen LogP contribution in [0.3, 0.4) is 0 Å². The number of hydrogen-bond acceptors (Lipinski definition) is 7. The number of rotatable bonds is 8. The molecular weight excluding hydrogens is 536 g/mol. The number of aliphatic carboxylic acids is 1. The SMILES string of the molecule is COc1ccccc1[C@@H]1[C@H](C(=O)O)[C@@H](c2ccccc2OC)[C@H]1C(=O)Oc1cccc(-c2cccc3c2OCCO3)c1.